The number of phenols is 1. The Hall–Kier alpha value is -2.04. The highest BCUT2D eigenvalue weighted by Crippen LogP contribution is 2.26. The smallest absolute Gasteiger partial charge is 0.407 e. The summed E-state index contributed by atoms with van der Waals surface area (Å²) >= 11 is 0. The number of likely N-dealkylation sites (tertiary alicyclic amines) is 1. The van der Waals surface area contributed by atoms with Crippen LogP contribution in [0.4, 0.5) is 4.79 Å². The Morgan fingerprint density at radius 1 is 1.29 bits per heavy atom. The van der Waals surface area contributed by atoms with E-state index in [9.17, 15) is 9.59 Å². The van der Waals surface area contributed by atoms with Gasteiger partial charge in [-0.15, -0.1) is 0 Å². The summed E-state index contributed by atoms with van der Waals surface area (Å²) in [6.45, 7) is 0.313. The summed E-state index contributed by atoms with van der Waals surface area (Å²) in [5.41, 5.74) is 0.831. The zero-order chi connectivity index (χ0) is 12.4. The van der Waals surface area contributed by atoms with E-state index in [1.165, 1.54) is 12.1 Å². The molecule has 5 nitrogen and oxygen atoms in total. The van der Waals surface area contributed by atoms with Crippen LogP contribution in [0, 0.1) is 0 Å². The van der Waals surface area contributed by atoms with Gasteiger partial charge in [-0.25, -0.2) is 4.79 Å². The molecule has 1 fully saturated rings. The molecule has 1 aliphatic rings. The van der Waals surface area contributed by atoms with Crippen molar-refractivity contribution in [2.45, 2.75) is 12.3 Å². The lowest BCUT2D eigenvalue weighted by Gasteiger charge is -2.28. The third-order valence-corrected chi connectivity index (χ3v) is 2.99. The minimum absolute atomic E-state index is 0.0547. The first kappa shape index (κ1) is 11.4. The molecular weight excluding hydrogens is 222 g/mol. The molecule has 2 N–H and O–H groups in total. The minimum Gasteiger partial charge on any atom is -0.508 e. The molecule has 1 saturated heterocycles. The standard InChI is InChI=1S/C12H13NO4/c14-9-3-1-8(2-4-9)10-5-6-13(12(16)17)7-11(10)15/h1-4,10,14H,5-7H2,(H,16,17). The number of rotatable bonds is 1. The Kier molecular flexibility index (Phi) is 2.99. The molecule has 0 aromatic heterocycles. The number of hydrogen-bond donors (Lipinski definition) is 2. The fourth-order valence-corrected chi connectivity index (χ4v) is 2.05. The molecule has 1 aromatic rings. The van der Waals surface area contributed by atoms with E-state index >= 15 is 0 Å². The number of carbonyl (C=O) groups excluding carboxylic acids is 1. The van der Waals surface area contributed by atoms with Crippen molar-refractivity contribution in [3.05, 3.63) is 29.8 Å². The number of benzene rings is 1. The second kappa shape index (κ2) is 4.45. The van der Waals surface area contributed by atoms with Gasteiger partial charge in [-0.05, 0) is 24.1 Å². The molecule has 0 bridgehead atoms. The fraction of sp³-hybridized carbons (Fsp3) is 0.333. The van der Waals surface area contributed by atoms with E-state index in [4.69, 9.17) is 10.2 Å². The summed E-state index contributed by atoms with van der Waals surface area (Å²) in [4.78, 5) is 23.7. The van der Waals surface area contributed by atoms with Gasteiger partial charge in [-0.2, -0.15) is 0 Å². The molecular formula is C12H13NO4. The Morgan fingerprint density at radius 2 is 1.94 bits per heavy atom. The number of aromatic hydroxyl groups is 1. The lowest BCUT2D eigenvalue weighted by Crippen LogP contribution is -2.42. The predicted molar refractivity (Wildman–Crippen MR) is 60.1 cm³/mol. The Morgan fingerprint density at radius 3 is 2.47 bits per heavy atom. The van der Waals surface area contributed by atoms with Crippen LogP contribution in [0.3, 0.4) is 0 Å². The summed E-state index contributed by atoms with van der Waals surface area (Å²) in [6.07, 6.45) is -0.557. The molecule has 1 amide bonds. The Bertz CT molecular complexity index is 440. The van der Waals surface area contributed by atoms with Gasteiger partial charge in [0.25, 0.3) is 0 Å². The molecule has 1 unspecified atom stereocenters. The van der Waals surface area contributed by atoms with Crippen molar-refractivity contribution in [2.75, 3.05) is 13.1 Å². The van der Waals surface area contributed by atoms with E-state index in [2.05, 4.69) is 0 Å². The van der Waals surface area contributed by atoms with E-state index in [-0.39, 0.29) is 24.0 Å². The van der Waals surface area contributed by atoms with Gasteiger partial charge in [0.15, 0.2) is 5.78 Å². The van der Waals surface area contributed by atoms with Crippen molar-refractivity contribution < 1.29 is 19.8 Å². The fourth-order valence-electron chi connectivity index (χ4n) is 2.05. The molecule has 0 radical (unpaired) electrons. The van der Waals surface area contributed by atoms with Gasteiger partial charge in [-0.1, -0.05) is 12.1 Å². The van der Waals surface area contributed by atoms with Crippen molar-refractivity contribution in [3.8, 4) is 5.75 Å². The molecule has 17 heavy (non-hydrogen) atoms. The second-order valence-corrected chi connectivity index (χ2v) is 4.10. The van der Waals surface area contributed by atoms with Gasteiger partial charge < -0.3 is 15.1 Å². The molecule has 1 atom stereocenters. The van der Waals surface area contributed by atoms with Gasteiger partial charge in [0.1, 0.15) is 5.75 Å². The molecule has 2 rings (SSSR count). The zero-order valence-corrected chi connectivity index (χ0v) is 9.17. The first-order chi connectivity index (χ1) is 8.08. The van der Waals surface area contributed by atoms with Crippen molar-refractivity contribution in [1.29, 1.82) is 0 Å². The summed E-state index contributed by atoms with van der Waals surface area (Å²) in [7, 11) is 0. The maximum absolute atomic E-state index is 11.8. The third kappa shape index (κ3) is 2.38. The average Bonchev–Trinajstić information content (AvgIpc) is 2.30. The van der Waals surface area contributed by atoms with Crippen molar-refractivity contribution in [2.24, 2.45) is 0 Å². The van der Waals surface area contributed by atoms with Gasteiger partial charge >= 0.3 is 6.09 Å². The maximum atomic E-state index is 11.8. The molecule has 0 aliphatic carbocycles. The van der Waals surface area contributed by atoms with E-state index in [1.54, 1.807) is 12.1 Å². The number of phenolic OH excluding ortho intramolecular Hbond substituents is 1. The Labute approximate surface area is 98.3 Å². The van der Waals surface area contributed by atoms with Crippen LogP contribution in [0.1, 0.15) is 17.9 Å². The number of Topliss-reactive ketones (excluding diaryl/α,β-unsaturated/α-hetero) is 1. The van der Waals surface area contributed by atoms with E-state index in [0.29, 0.717) is 13.0 Å². The number of piperidine rings is 1. The first-order valence-electron chi connectivity index (χ1n) is 5.37. The number of hydrogen-bond acceptors (Lipinski definition) is 3. The molecule has 1 aromatic carbocycles. The monoisotopic (exact) mass is 235 g/mol. The van der Waals surface area contributed by atoms with E-state index in [0.717, 1.165) is 10.5 Å². The van der Waals surface area contributed by atoms with Crippen LogP contribution < -0.4 is 0 Å². The number of ketones is 1. The van der Waals surface area contributed by atoms with Gasteiger partial charge in [0.05, 0.1) is 6.54 Å². The van der Waals surface area contributed by atoms with Gasteiger partial charge in [0.2, 0.25) is 0 Å². The largest absolute Gasteiger partial charge is 0.508 e. The highest BCUT2D eigenvalue weighted by atomic mass is 16.4. The van der Waals surface area contributed by atoms with Crippen LogP contribution in [-0.4, -0.2) is 40.1 Å². The number of nitrogens with zero attached hydrogens (tertiary/aromatic N) is 1. The zero-order valence-electron chi connectivity index (χ0n) is 9.17. The molecule has 90 valence electrons. The second-order valence-electron chi connectivity index (χ2n) is 4.10. The van der Waals surface area contributed by atoms with Crippen LogP contribution in [0.15, 0.2) is 24.3 Å². The summed E-state index contributed by atoms with van der Waals surface area (Å²) in [6, 6.07) is 6.47. The van der Waals surface area contributed by atoms with Crippen LogP contribution in [0.2, 0.25) is 0 Å². The van der Waals surface area contributed by atoms with Crippen LogP contribution >= 0.6 is 0 Å². The van der Waals surface area contributed by atoms with Gasteiger partial charge in [-0.3, -0.25) is 4.79 Å². The highest BCUT2D eigenvalue weighted by molar-refractivity contribution is 5.90. The summed E-state index contributed by atoms with van der Waals surface area (Å²) in [5.74, 6) is -0.195. The first-order valence-corrected chi connectivity index (χ1v) is 5.37. The third-order valence-electron chi connectivity index (χ3n) is 2.99. The topological polar surface area (TPSA) is 77.8 Å². The van der Waals surface area contributed by atoms with Crippen LogP contribution in [0.5, 0.6) is 5.75 Å². The molecule has 1 aliphatic heterocycles. The number of carbonyl (C=O) groups is 2. The average molecular weight is 235 g/mol. The maximum Gasteiger partial charge on any atom is 0.407 e. The predicted octanol–water partition coefficient (Wildman–Crippen LogP) is 1.43. The molecule has 0 saturated carbocycles. The van der Waals surface area contributed by atoms with Crippen LogP contribution in [0.25, 0.3) is 0 Å². The van der Waals surface area contributed by atoms with Gasteiger partial charge in [0, 0.05) is 12.5 Å². The highest BCUT2D eigenvalue weighted by Gasteiger charge is 2.30. The minimum atomic E-state index is -1.05. The lowest BCUT2D eigenvalue weighted by molar-refractivity contribution is -0.123. The molecule has 5 heteroatoms. The lowest BCUT2D eigenvalue weighted by atomic mass is 9.88. The summed E-state index contributed by atoms with van der Waals surface area (Å²) in [5, 5.41) is 18.0. The van der Waals surface area contributed by atoms with E-state index in [1.807, 2.05) is 0 Å². The van der Waals surface area contributed by atoms with Crippen LogP contribution in [-0.2, 0) is 4.79 Å². The summed E-state index contributed by atoms with van der Waals surface area (Å²) < 4.78 is 0. The van der Waals surface area contributed by atoms with Crippen molar-refractivity contribution >= 4 is 11.9 Å². The molecule has 1 heterocycles. The normalized spacial score (nSPS) is 20.4. The van der Waals surface area contributed by atoms with E-state index < -0.39 is 6.09 Å². The SMILES string of the molecule is O=C1CN(C(=O)O)CCC1c1ccc(O)cc1. The van der Waals surface area contributed by atoms with Crippen molar-refractivity contribution in [1.82, 2.24) is 4.90 Å². The number of amides is 1. The van der Waals surface area contributed by atoms with Crippen molar-refractivity contribution in [3.63, 3.8) is 0 Å². The molecule has 0 spiro atoms. The quantitative estimate of drug-likeness (QED) is 0.771. The number of carboxylic acid groups (broad SMARTS) is 1. The Balaban J connectivity index is 2.12.